The quantitative estimate of drug-likeness (QED) is 0.435. The Morgan fingerprint density at radius 3 is 2.39 bits per heavy atom. The van der Waals surface area contributed by atoms with Crippen LogP contribution in [0.15, 0.2) is 45.3 Å². The molecule has 23 heavy (non-hydrogen) atoms. The molecule has 5 heteroatoms. The first-order valence-corrected chi connectivity index (χ1v) is 8.96. The van der Waals surface area contributed by atoms with Gasteiger partial charge in [0.1, 0.15) is 17.1 Å². The van der Waals surface area contributed by atoms with Crippen molar-refractivity contribution in [1.82, 2.24) is 0 Å². The highest BCUT2D eigenvalue weighted by molar-refractivity contribution is 9.10. The molecule has 0 radical (unpaired) electrons. The molecule has 2 aromatic rings. The standard InChI is InChI=1S/C18H18Br2O3/c1-4-12-5-7-17(15(20)9-12)23-18(21)14-10-13(19)6-8-16(14)22-11(2)3/h5-11H,4H2,1-3H3. The van der Waals surface area contributed by atoms with Gasteiger partial charge in [0, 0.05) is 4.47 Å². The van der Waals surface area contributed by atoms with Crippen LogP contribution in [0.1, 0.15) is 36.7 Å². The fourth-order valence-corrected chi connectivity index (χ4v) is 2.89. The highest BCUT2D eigenvalue weighted by atomic mass is 79.9. The summed E-state index contributed by atoms with van der Waals surface area (Å²) in [5, 5.41) is 0. The number of esters is 1. The molecule has 3 nitrogen and oxygen atoms in total. The molecule has 122 valence electrons. The molecular formula is C18H18Br2O3. The summed E-state index contributed by atoms with van der Waals surface area (Å²) in [6, 6.07) is 11.0. The van der Waals surface area contributed by atoms with Gasteiger partial charge in [-0.15, -0.1) is 0 Å². The van der Waals surface area contributed by atoms with Gasteiger partial charge in [-0.05, 0) is 72.1 Å². The van der Waals surface area contributed by atoms with Gasteiger partial charge in [0.05, 0.1) is 10.6 Å². The minimum Gasteiger partial charge on any atom is -0.490 e. The van der Waals surface area contributed by atoms with Crippen LogP contribution in [0.25, 0.3) is 0 Å². The third-order valence-electron chi connectivity index (χ3n) is 3.13. The lowest BCUT2D eigenvalue weighted by Crippen LogP contribution is -2.14. The molecule has 0 saturated heterocycles. The zero-order chi connectivity index (χ0) is 17.0. The van der Waals surface area contributed by atoms with Crippen molar-refractivity contribution in [3.05, 3.63) is 56.5 Å². The second-order valence-corrected chi connectivity index (χ2v) is 7.08. The lowest BCUT2D eigenvalue weighted by molar-refractivity contribution is 0.0727. The molecule has 0 aromatic heterocycles. The zero-order valence-electron chi connectivity index (χ0n) is 13.2. The Hall–Kier alpha value is -1.33. The van der Waals surface area contributed by atoms with Gasteiger partial charge in [-0.25, -0.2) is 4.79 Å². The van der Waals surface area contributed by atoms with Crippen LogP contribution in [-0.4, -0.2) is 12.1 Å². The smallest absolute Gasteiger partial charge is 0.347 e. The molecule has 0 atom stereocenters. The SMILES string of the molecule is CCc1ccc(OC(=O)c2cc(Br)ccc2OC(C)C)c(Br)c1. The van der Waals surface area contributed by atoms with Crippen molar-refractivity contribution < 1.29 is 14.3 Å². The van der Waals surface area contributed by atoms with Gasteiger partial charge in [0.25, 0.3) is 0 Å². The number of carbonyl (C=O) groups excluding carboxylic acids is 1. The Kier molecular flexibility index (Phi) is 6.25. The lowest BCUT2D eigenvalue weighted by atomic mass is 10.1. The highest BCUT2D eigenvalue weighted by Crippen LogP contribution is 2.30. The number of rotatable bonds is 5. The maximum Gasteiger partial charge on any atom is 0.347 e. The average Bonchev–Trinajstić information content (AvgIpc) is 2.50. The maximum atomic E-state index is 12.5. The first-order valence-electron chi connectivity index (χ1n) is 7.37. The van der Waals surface area contributed by atoms with Gasteiger partial charge in [-0.1, -0.05) is 28.9 Å². The van der Waals surface area contributed by atoms with E-state index in [0.717, 1.165) is 15.4 Å². The summed E-state index contributed by atoms with van der Waals surface area (Å²) in [6.45, 7) is 5.90. The van der Waals surface area contributed by atoms with E-state index in [1.165, 1.54) is 5.56 Å². The van der Waals surface area contributed by atoms with Crippen LogP contribution in [0.5, 0.6) is 11.5 Å². The second-order valence-electron chi connectivity index (χ2n) is 5.31. The van der Waals surface area contributed by atoms with E-state index in [1.807, 2.05) is 32.0 Å². The monoisotopic (exact) mass is 440 g/mol. The topological polar surface area (TPSA) is 35.5 Å². The van der Waals surface area contributed by atoms with Crippen LogP contribution < -0.4 is 9.47 Å². The average molecular weight is 442 g/mol. The Morgan fingerprint density at radius 1 is 1.09 bits per heavy atom. The summed E-state index contributed by atoms with van der Waals surface area (Å²) in [5.41, 5.74) is 1.56. The molecule has 0 saturated carbocycles. The molecule has 0 aliphatic rings. The van der Waals surface area contributed by atoms with E-state index in [4.69, 9.17) is 9.47 Å². The number of aryl methyl sites for hydroxylation is 1. The second kappa shape index (κ2) is 7.97. The normalized spacial score (nSPS) is 10.7. The summed E-state index contributed by atoms with van der Waals surface area (Å²) in [7, 11) is 0. The highest BCUT2D eigenvalue weighted by Gasteiger charge is 2.18. The Labute approximate surface area is 153 Å². The van der Waals surface area contributed by atoms with E-state index in [1.54, 1.807) is 18.2 Å². The Bertz CT molecular complexity index is 711. The molecule has 0 heterocycles. The van der Waals surface area contributed by atoms with Crippen molar-refractivity contribution >= 4 is 37.8 Å². The van der Waals surface area contributed by atoms with E-state index in [-0.39, 0.29) is 6.10 Å². The van der Waals surface area contributed by atoms with Crippen molar-refractivity contribution in [3.63, 3.8) is 0 Å². The summed E-state index contributed by atoms with van der Waals surface area (Å²) in [4.78, 5) is 12.5. The molecular weight excluding hydrogens is 424 g/mol. The minimum absolute atomic E-state index is 0.0294. The number of carbonyl (C=O) groups is 1. The summed E-state index contributed by atoms with van der Waals surface area (Å²) < 4.78 is 12.8. The predicted octanol–water partition coefficient (Wildman–Crippen LogP) is 5.78. The summed E-state index contributed by atoms with van der Waals surface area (Å²) >= 11 is 6.82. The van der Waals surface area contributed by atoms with Crippen LogP contribution in [0.3, 0.4) is 0 Å². The van der Waals surface area contributed by atoms with Gasteiger partial charge in [-0.3, -0.25) is 0 Å². The fraction of sp³-hybridized carbons (Fsp3) is 0.278. The molecule has 0 aliphatic heterocycles. The van der Waals surface area contributed by atoms with Crippen molar-refractivity contribution in [1.29, 1.82) is 0 Å². The van der Waals surface area contributed by atoms with Gasteiger partial charge in [0.2, 0.25) is 0 Å². The van der Waals surface area contributed by atoms with Crippen LogP contribution >= 0.6 is 31.9 Å². The van der Waals surface area contributed by atoms with Gasteiger partial charge < -0.3 is 9.47 Å². The van der Waals surface area contributed by atoms with Crippen LogP contribution in [0, 0.1) is 0 Å². The molecule has 0 amide bonds. The fourth-order valence-electron chi connectivity index (χ4n) is 2.02. The molecule has 0 unspecified atom stereocenters. The van der Waals surface area contributed by atoms with Crippen LogP contribution in [-0.2, 0) is 6.42 Å². The molecule has 2 rings (SSSR count). The van der Waals surface area contributed by atoms with Crippen LogP contribution in [0.4, 0.5) is 0 Å². The molecule has 0 fully saturated rings. The maximum absolute atomic E-state index is 12.5. The zero-order valence-corrected chi connectivity index (χ0v) is 16.4. The minimum atomic E-state index is -0.452. The van der Waals surface area contributed by atoms with Crippen molar-refractivity contribution in [2.24, 2.45) is 0 Å². The summed E-state index contributed by atoms with van der Waals surface area (Å²) in [5.74, 6) is 0.545. The van der Waals surface area contributed by atoms with E-state index >= 15 is 0 Å². The van der Waals surface area contributed by atoms with Gasteiger partial charge in [-0.2, -0.15) is 0 Å². The summed E-state index contributed by atoms with van der Waals surface area (Å²) in [6.07, 6.45) is 0.892. The molecule has 0 bridgehead atoms. The van der Waals surface area contributed by atoms with Gasteiger partial charge in [0.15, 0.2) is 0 Å². The van der Waals surface area contributed by atoms with Gasteiger partial charge >= 0.3 is 5.97 Å². The molecule has 0 spiro atoms. The van der Waals surface area contributed by atoms with Crippen molar-refractivity contribution in [2.75, 3.05) is 0 Å². The van der Waals surface area contributed by atoms with Crippen LogP contribution in [0.2, 0.25) is 0 Å². The largest absolute Gasteiger partial charge is 0.490 e. The third kappa shape index (κ3) is 4.82. The number of hydrogen-bond acceptors (Lipinski definition) is 3. The molecule has 0 N–H and O–H groups in total. The number of hydrogen-bond donors (Lipinski definition) is 0. The first kappa shape index (κ1) is 18.0. The van der Waals surface area contributed by atoms with Crippen molar-refractivity contribution in [2.45, 2.75) is 33.3 Å². The molecule has 0 aliphatic carbocycles. The predicted molar refractivity (Wildman–Crippen MR) is 98.4 cm³/mol. The van der Waals surface area contributed by atoms with E-state index in [0.29, 0.717) is 17.1 Å². The molecule has 2 aromatic carbocycles. The first-order chi connectivity index (χ1) is 10.9. The van der Waals surface area contributed by atoms with E-state index in [9.17, 15) is 4.79 Å². The third-order valence-corrected chi connectivity index (χ3v) is 4.24. The Morgan fingerprint density at radius 2 is 1.78 bits per heavy atom. The number of ether oxygens (including phenoxy) is 2. The number of halogens is 2. The number of benzene rings is 2. The van der Waals surface area contributed by atoms with E-state index in [2.05, 4.69) is 38.8 Å². The van der Waals surface area contributed by atoms with Crippen molar-refractivity contribution in [3.8, 4) is 11.5 Å². The Balaban J connectivity index is 2.28. The van der Waals surface area contributed by atoms with E-state index < -0.39 is 5.97 Å². The lowest BCUT2D eigenvalue weighted by Gasteiger charge is -2.14.